The van der Waals surface area contributed by atoms with Crippen LogP contribution in [0.5, 0.6) is 0 Å². The van der Waals surface area contributed by atoms with Gasteiger partial charge in [0.15, 0.2) is 0 Å². The monoisotopic (exact) mass is 346 g/mol. The van der Waals surface area contributed by atoms with Gasteiger partial charge in [-0.15, -0.1) is 0 Å². The summed E-state index contributed by atoms with van der Waals surface area (Å²) >= 11 is 3.52. The quantitative estimate of drug-likeness (QED) is 0.878. The first-order chi connectivity index (χ1) is 10.1. The molecule has 3 nitrogen and oxygen atoms in total. The standard InChI is InChI=1S/C17H19BrN2O/c1-13-8-9-16(15(18)12-13)19-11-10-17(21)20(2)14-6-4-3-5-7-14/h3-9,12,19H,10-11H2,1-2H3. The second kappa shape index (κ2) is 7.27. The Balaban J connectivity index is 1.87. The number of para-hydroxylation sites is 1. The van der Waals surface area contributed by atoms with E-state index in [-0.39, 0.29) is 5.91 Å². The molecule has 0 bridgehead atoms. The van der Waals surface area contributed by atoms with Crippen molar-refractivity contribution in [1.82, 2.24) is 0 Å². The van der Waals surface area contributed by atoms with Crippen molar-refractivity contribution in [2.24, 2.45) is 0 Å². The lowest BCUT2D eigenvalue weighted by Crippen LogP contribution is -2.27. The van der Waals surface area contributed by atoms with Gasteiger partial charge in [-0.25, -0.2) is 0 Å². The fourth-order valence-electron chi connectivity index (χ4n) is 2.03. The maximum absolute atomic E-state index is 12.1. The summed E-state index contributed by atoms with van der Waals surface area (Å²) in [6, 6.07) is 15.8. The predicted octanol–water partition coefficient (Wildman–Crippen LogP) is 4.22. The van der Waals surface area contributed by atoms with Crippen molar-refractivity contribution in [2.45, 2.75) is 13.3 Å². The summed E-state index contributed by atoms with van der Waals surface area (Å²) in [6.07, 6.45) is 0.450. The van der Waals surface area contributed by atoms with Gasteiger partial charge in [0.05, 0.1) is 0 Å². The third-order valence-corrected chi connectivity index (χ3v) is 3.95. The summed E-state index contributed by atoms with van der Waals surface area (Å²) in [6.45, 7) is 2.66. The fourth-order valence-corrected chi connectivity index (χ4v) is 2.66. The van der Waals surface area contributed by atoms with Crippen LogP contribution in [0.4, 0.5) is 11.4 Å². The van der Waals surface area contributed by atoms with Crippen LogP contribution in [0, 0.1) is 6.92 Å². The Kier molecular flexibility index (Phi) is 5.39. The topological polar surface area (TPSA) is 32.3 Å². The van der Waals surface area contributed by atoms with Crippen LogP contribution >= 0.6 is 15.9 Å². The molecule has 0 heterocycles. The van der Waals surface area contributed by atoms with Crippen LogP contribution in [-0.4, -0.2) is 19.5 Å². The van der Waals surface area contributed by atoms with Gasteiger partial charge in [0.1, 0.15) is 0 Å². The Labute approximate surface area is 134 Å². The van der Waals surface area contributed by atoms with E-state index in [0.29, 0.717) is 13.0 Å². The molecule has 0 saturated carbocycles. The van der Waals surface area contributed by atoms with Crippen molar-refractivity contribution in [2.75, 3.05) is 23.8 Å². The molecule has 1 amide bonds. The lowest BCUT2D eigenvalue weighted by atomic mass is 10.2. The van der Waals surface area contributed by atoms with Gasteiger partial charge in [-0.05, 0) is 52.7 Å². The maximum atomic E-state index is 12.1. The second-order valence-electron chi connectivity index (χ2n) is 4.95. The Morgan fingerprint density at radius 2 is 1.90 bits per heavy atom. The van der Waals surface area contributed by atoms with E-state index in [0.717, 1.165) is 15.8 Å². The Morgan fingerprint density at radius 3 is 2.57 bits per heavy atom. The molecule has 4 heteroatoms. The van der Waals surface area contributed by atoms with Gasteiger partial charge in [0, 0.05) is 35.9 Å². The number of carbonyl (C=O) groups excluding carboxylic acids is 1. The molecule has 0 aliphatic carbocycles. The van der Waals surface area contributed by atoms with E-state index in [9.17, 15) is 4.79 Å². The number of benzene rings is 2. The molecule has 2 aromatic rings. The molecule has 0 aliphatic rings. The summed E-state index contributed by atoms with van der Waals surface area (Å²) in [5.41, 5.74) is 3.13. The number of rotatable bonds is 5. The van der Waals surface area contributed by atoms with Crippen LogP contribution in [0.25, 0.3) is 0 Å². The Hall–Kier alpha value is -1.81. The minimum atomic E-state index is 0.0944. The highest BCUT2D eigenvalue weighted by molar-refractivity contribution is 9.10. The molecule has 0 radical (unpaired) electrons. The largest absolute Gasteiger partial charge is 0.384 e. The van der Waals surface area contributed by atoms with Gasteiger partial charge in [-0.2, -0.15) is 0 Å². The van der Waals surface area contributed by atoms with Gasteiger partial charge in [-0.1, -0.05) is 24.3 Å². The van der Waals surface area contributed by atoms with Gasteiger partial charge in [-0.3, -0.25) is 4.79 Å². The number of hydrogen-bond acceptors (Lipinski definition) is 2. The first-order valence-electron chi connectivity index (χ1n) is 6.89. The van der Waals surface area contributed by atoms with Crippen LogP contribution in [-0.2, 0) is 4.79 Å². The molecule has 0 fully saturated rings. The average molecular weight is 347 g/mol. The van der Waals surface area contributed by atoms with Crippen molar-refractivity contribution in [3.63, 3.8) is 0 Å². The SMILES string of the molecule is Cc1ccc(NCCC(=O)N(C)c2ccccc2)c(Br)c1. The molecule has 0 atom stereocenters. The summed E-state index contributed by atoms with van der Waals surface area (Å²) in [5.74, 6) is 0.0944. The van der Waals surface area contributed by atoms with E-state index in [1.54, 1.807) is 11.9 Å². The minimum Gasteiger partial charge on any atom is -0.384 e. The maximum Gasteiger partial charge on any atom is 0.228 e. The van der Waals surface area contributed by atoms with Gasteiger partial charge in [0.25, 0.3) is 0 Å². The molecule has 0 spiro atoms. The van der Waals surface area contributed by atoms with Crippen molar-refractivity contribution in [3.05, 3.63) is 58.6 Å². The molecule has 0 aliphatic heterocycles. The Bertz CT molecular complexity index is 613. The molecule has 0 unspecified atom stereocenters. The number of amides is 1. The zero-order valence-electron chi connectivity index (χ0n) is 12.3. The normalized spacial score (nSPS) is 10.2. The van der Waals surface area contributed by atoms with Gasteiger partial charge < -0.3 is 10.2 Å². The number of aryl methyl sites for hydroxylation is 1. The summed E-state index contributed by atoms with van der Waals surface area (Å²) in [4.78, 5) is 13.8. The van der Waals surface area contributed by atoms with Gasteiger partial charge in [0.2, 0.25) is 5.91 Å². The highest BCUT2D eigenvalue weighted by Gasteiger charge is 2.10. The fraction of sp³-hybridized carbons (Fsp3) is 0.235. The summed E-state index contributed by atoms with van der Waals surface area (Å²) < 4.78 is 1.02. The summed E-state index contributed by atoms with van der Waals surface area (Å²) in [7, 11) is 1.81. The van der Waals surface area contributed by atoms with E-state index in [1.807, 2.05) is 49.4 Å². The number of halogens is 1. The number of hydrogen-bond donors (Lipinski definition) is 1. The van der Waals surface area contributed by atoms with Crippen LogP contribution in [0.1, 0.15) is 12.0 Å². The van der Waals surface area contributed by atoms with E-state index >= 15 is 0 Å². The van der Waals surface area contributed by atoms with Crippen molar-refractivity contribution in [1.29, 1.82) is 0 Å². The predicted molar refractivity (Wildman–Crippen MR) is 91.8 cm³/mol. The molecule has 2 aromatic carbocycles. The van der Waals surface area contributed by atoms with Crippen molar-refractivity contribution < 1.29 is 4.79 Å². The molecule has 21 heavy (non-hydrogen) atoms. The van der Waals surface area contributed by atoms with E-state index in [1.165, 1.54) is 5.56 Å². The van der Waals surface area contributed by atoms with Crippen molar-refractivity contribution >= 4 is 33.2 Å². The smallest absolute Gasteiger partial charge is 0.228 e. The first-order valence-corrected chi connectivity index (χ1v) is 7.69. The second-order valence-corrected chi connectivity index (χ2v) is 5.80. The van der Waals surface area contributed by atoms with E-state index in [4.69, 9.17) is 0 Å². The van der Waals surface area contributed by atoms with Crippen LogP contribution in [0.2, 0.25) is 0 Å². The first kappa shape index (κ1) is 15.6. The number of nitrogens with zero attached hydrogens (tertiary/aromatic N) is 1. The summed E-state index contributed by atoms with van der Waals surface area (Å²) in [5, 5.41) is 3.28. The lowest BCUT2D eigenvalue weighted by molar-refractivity contribution is -0.118. The molecule has 110 valence electrons. The van der Waals surface area contributed by atoms with E-state index < -0.39 is 0 Å². The third-order valence-electron chi connectivity index (χ3n) is 3.30. The molecule has 1 N–H and O–H groups in total. The van der Waals surface area contributed by atoms with Crippen LogP contribution in [0.15, 0.2) is 53.0 Å². The molecule has 0 aromatic heterocycles. The minimum absolute atomic E-state index is 0.0944. The number of nitrogens with one attached hydrogen (secondary N) is 1. The average Bonchev–Trinajstić information content (AvgIpc) is 2.49. The van der Waals surface area contributed by atoms with Crippen LogP contribution in [0.3, 0.4) is 0 Å². The molecular formula is C17H19BrN2O. The highest BCUT2D eigenvalue weighted by atomic mass is 79.9. The van der Waals surface area contributed by atoms with E-state index in [2.05, 4.69) is 27.3 Å². The van der Waals surface area contributed by atoms with Crippen LogP contribution < -0.4 is 10.2 Å². The number of carbonyl (C=O) groups is 1. The molecular weight excluding hydrogens is 328 g/mol. The molecule has 0 saturated heterocycles. The molecule has 2 rings (SSSR count). The van der Waals surface area contributed by atoms with Crippen molar-refractivity contribution in [3.8, 4) is 0 Å². The third kappa shape index (κ3) is 4.33. The zero-order chi connectivity index (χ0) is 15.2. The zero-order valence-corrected chi connectivity index (χ0v) is 13.9. The number of anilines is 2. The Morgan fingerprint density at radius 1 is 1.19 bits per heavy atom. The lowest BCUT2D eigenvalue weighted by Gasteiger charge is -2.17. The van der Waals surface area contributed by atoms with Gasteiger partial charge >= 0.3 is 0 Å². The highest BCUT2D eigenvalue weighted by Crippen LogP contribution is 2.23.